The Kier molecular flexibility index (Phi) is 4.88. The summed E-state index contributed by atoms with van der Waals surface area (Å²) in [6.45, 7) is 3.73. The first-order chi connectivity index (χ1) is 15.8. The number of hydrogen-bond acceptors (Lipinski definition) is 6. The molecule has 0 aromatic heterocycles. The monoisotopic (exact) mass is 447 g/mol. The molecule has 7 heteroatoms. The van der Waals surface area contributed by atoms with E-state index in [1.54, 1.807) is 19.9 Å². The fraction of sp³-hybridized carbons (Fsp3) is 0.385. The van der Waals surface area contributed by atoms with Crippen molar-refractivity contribution in [2.24, 2.45) is 17.8 Å². The van der Waals surface area contributed by atoms with Gasteiger partial charge >= 0.3 is 0 Å². The van der Waals surface area contributed by atoms with Crippen LogP contribution in [0.25, 0.3) is 0 Å². The van der Waals surface area contributed by atoms with Crippen molar-refractivity contribution in [1.82, 2.24) is 4.90 Å². The molecule has 1 aromatic rings. The van der Waals surface area contributed by atoms with Gasteiger partial charge in [-0.1, -0.05) is 17.7 Å². The number of likely N-dealkylation sites (tertiary alicyclic amines) is 1. The number of carbonyl (C=O) groups excluding carboxylic acids is 4. The van der Waals surface area contributed by atoms with Gasteiger partial charge in [-0.2, -0.15) is 0 Å². The minimum Gasteiger partial charge on any atom is -0.508 e. The van der Waals surface area contributed by atoms with Crippen LogP contribution in [-0.2, 0) is 19.2 Å². The molecule has 0 spiro atoms. The van der Waals surface area contributed by atoms with Gasteiger partial charge < -0.3 is 9.84 Å². The van der Waals surface area contributed by atoms with E-state index in [0.717, 1.165) is 5.57 Å². The standard InChI is InChI=1S/C26H25NO6/c1-4-27-25(31)16-8-7-14-17(22(16)26(27)32)11-18-19(29)9-12(2)24(30)23(18)21(14)15-6-5-13(28)10-20(15)33-3/h5-7,9-10,16-17,21-22,28H,4,8,11H2,1-3H3/t16-,17+,21+,22-/m0/s1. The number of hydrogen-bond donors (Lipinski definition) is 1. The van der Waals surface area contributed by atoms with Crippen LogP contribution in [0.3, 0.4) is 0 Å². The summed E-state index contributed by atoms with van der Waals surface area (Å²) in [4.78, 5) is 53.8. The number of amides is 2. The van der Waals surface area contributed by atoms with Crippen molar-refractivity contribution in [2.45, 2.75) is 32.6 Å². The first-order valence-electron chi connectivity index (χ1n) is 11.2. The second kappa shape index (κ2) is 7.54. The van der Waals surface area contributed by atoms with Gasteiger partial charge in [0.1, 0.15) is 11.5 Å². The summed E-state index contributed by atoms with van der Waals surface area (Å²) in [6.07, 6.45) is 4.00. The van der Waals surface area contributed by atoms with E-state index < -0.39 is 17.8 Å². The average molecular weight is 447 g/mol. The summed E-state index contributed by atoms with van der Waals surface area (Å²) in [7, 11) is 1.48. The predicted molar refractivity (Wildman–Crippen MR) is 118 cm³/mol. The van der Waals surface area contributed by atoms with E-state index in [0.29, 0.717) is 41.0 Å². The number of benzene rings is 1. The van der Waals surface area contributed by atoms with Crippen LogP contribution in [0.15, 0.2) is 52.6 Å². The van der Waals surface area contributed by atoms with Crippen LogP contribution in [0.5, 0.6) is 11.5 Å². The molecule has 1 heterocycles. The zero-order chi connectivity index (χ0) is 23.6. The molecule has 1 fully saturated rings. The predicted octanol–water partition coefficient (Wildman–Crippen LogP) is 2.85. The highest BCUT2D eigenvalue weighted by atomic mass is 16.5. The number of phenolic OH excluding ortho intramolecular Hbond substituents is 1. The van der Waals surface area contributed by atoms with Crippen molar-refractivity contribution in [1.29, 1.82) is 0 Å². The van der Waals surface area contributed by atoms with Crippen LogP contribution in [0.1, 0.15) is 38.2 Å². The van der Waals surface area contributed by atoms with E-state index in [2.05, 4.69) is 0 Å². The normalized spacial score (nSPS) is 28.9. The lowest BCUT2D eigenvalue weighted by atomic mass is 9.59. The van der Waals surface area contributed by atoms with Crippen LogP contribution in [0.4, 0.5) is 0 Å². The number of fused-ring (bicyclic) bond motifs is 3. The second-order valence-corrected chi connectivity index (χ2v) is 9.08. The van der Waals surface area contributed by atoms with Gasteiger partial charge in [-0.25, -0.2) is 0 Å². The second-order valence-electron chi connectivity index (χ2n) is 9.08. The molecule has 4 aliphatic rings. The number of allylic oxidation sites excluding steroid dienone is 6. The zero-order valence-electron chi connectivity index (χ0n) is 18.8. The summed E-state index contributed by atoms with van der Waals surface area (Å²) in [5.41, 5.74) is 2.71. The van der Waals surface area contributed by atoms with Gasteiger partial charge in [0, 0.05) is 40.8 Å². The van der Waals surface area contributed by atoms with Crippen LogP contribution in [-0.4, -0.2) is 47.0 Å². The molecule has 0 radical (unpaired) electrons. The zero-order valence-corrected chi connectivity index (χ0v) is 18.8. The smallest absolute Gasteiger partial charge is 0.233 e. The van der Waals surface area contributed by atoms with Crippen molar-refractivity contribution in [3.05, 3.63) is 58.2 Å². The molecule has 2 amide bonds. The fourth-order valence-electron chi connectivity index (χ4n) is 6.03. The SMILES string of the molecule is CCN1C(=O)[C@H]2[C@H](CC=C3[C@H](c4ccc(O)cc4OC)C4=C(C[C@H]32)C(=O)C=C(C)C4=O)C1=O. The molecule has 1 N–H and O–H groups in total. The Morgan fingerprint density at radius 2 is 1.88 bits per heavy atom. The lowest BCUT2D eigenvalue weighted by Gasteiger charge is -2.42. The Hall–Kier alpha value is -3.48. The lowest BCUT2D eigenvalue weighted by molar-refractivity contribution is -0.139. The van der Waals surface area contributed by atoms with Crippen molar-refractivity contribution < 1.29 is 29.0 Å². The van der Waals surface area contributed by atoms with Gasteiger partial charge in [0.25, 0.3) is 0 Å². The maximum absolute atomic E-state index is 13.3. The largest absolute Gasteiger partial charge is 0.508 e. The van der Waals surface area contributed by atoms with E-state index >= 15 is 0 Å². The Balaban J connectivity index is 1.73. The van der Waals surface area contributed by atoms with Gasteiger partial charge in [0.2, 0.25) is 11.8 Å². The van der Waals surface area contributed by atoms with Gasteiger partial charge in [-0.15, -0.1) is 0 Å². The number of phenols is 1. The van der Waals surface area contributed by atoms with E-state index in [4.69, 9.17) is 4.74 Å². The van der Waals surface area contributed by atoms with E-state index in [1.807, 2.05) is 6.08 Å². The number of aromatic hydroxyl groups is 1. The summed E-state index contributed by atoms with van der Waals surface area (Å²) in [5, 5.41) is 9.99. The Morgan fingerprint density at radius 1 is 1.12 bits per heavy atom. The number of methoxy groups -OCH3 is 1. The van der Waals surface area contributed by atoms with Gasteiger partial charge in [-0.05, 0) is 44.7 Å². The third-order valence-electron chi connectivity index (χ3n) is 7.50. The quantitative estimate of drug-likeness (QED) is 0.434. The van der Waals surface area contributed by atoms with Gasteiger partial charge in [-0.3, -0.25) is 24.1 Å². The van der Waals surface area contributed by atoms with Gasteiger partial charge in [0.15, 0.2) is 11.6 Å². The Labute approximate surface area is 191 Å². The van der Waals surface area contributed by atoms with Crippen molar-refractivity contribution in [3.63, 3.8) is 0 Å². The van der Waals surface area contributed by atoms with Crippen LogP contribution in [0, 0.1) is 17.8 Å². The molecule has 3 aliphatic carbocycles. The molecule has 4 atom stereocenters. The number of carbonyl (C=O) groups is 4. The molecule has 0 bridgehead atoms. The number of ketones is 2. The molecule has 0 saturated carbocycles. The number of nitrogens with zero attached hydrogens (tertiary/aromatic N) is 1. The van der Waals surface area contributed by atoms with Crippen LogP contribution < -0.4 is 4.74 Å². The van der Waals surface area contributed by atoms with E-state index in [1.165, 1.54) is 30.2 Å². The minimum atomic E-state index is -0.589. The minimum absolute atomic E-state index is 0.0205. The Morgan fingerprint density at radius 3 is 2.58 bits per heavy atom. The van der Waals surface area contributed by atoms with E-state index in [-0.39, 0.29) is 41.5 Å². The van der Waals surface area contributed by atoms with Crippen molar-refractivity contribution >= 4 is 23.4 Å². The Bertz CT molecular complexity index is 1220. The number of ether oxygens (including phenoxy) is 1. The van der Waals surface area contributed by atoms with E-state index in [9.17, 15) is 24.3 Å². The maximum Gasteiger partial charge on any atom is 0.233 e. The highest BCUT2D eigenvalue weighted by Crippen LogP contribution is 2.56. The fourth-order valence-corrected chi connectivity index (χ4v) is 6.03. The highest BCUT2D eigenvalue weighted by Gasteiger charge is 2.56. The molecular formula is C26H25NO6. The number of rotatable bonds is 3. The third-order valence-corrected chi connectivity index (χ3v) is 7.50. The number of imide groups is 1. The van der Waals surface area contributed by atoms with Crippen LogP contribution in [0.2, 0.25) is 0 Å². The summed E-state index contributed by atoms with van der Waals surface area (Å²) >= 11 is 0. The summed E-state index contributed by atoms with van der Waals surface area (Å²) in [5.74, 6) is -2.32. The molecule has 170 valence electrons. The number of Topliss-reactive ketones (excluding diaryl/α,β-unsaturated/α-hetero) is 1. The lowest BCUT2D eigenvalue weighted by Crippen LogP contribution is -2.39. The first kappa shape index (κ1) is 21.4. The molecule has 5 rings (SSSR count). The molecular weight excluding hydrogens is 422 g/mol. The topological polar surface area (TPSA) is 101 Å². The summed E-state index contributed by atoms with van der Waals surface area (Å²) < 4.78 is 5.54. The van der Waals surface area contributed by atoms with Crippen molar-refractivity contribution in [3.8, 4) is 11.5 Å². The molecule has 1 saturated heterocycles. The molecule has 33 heavy (non-hydrogen) atoms. The van der Waals surface area contributed by atoms with Crippen molar-refractivity contribution in [2.75, 3.05) is 13.7 Å². The molecule has 1 aliphatic heterocycles. The first-order valence-corrected chi connectivity index (χ1v) is 11.2. The maximum atomic E-state index is 13.3. The van der Waals surface area contributed by atoms with Crippen LogP contribution >= 0.6 is 0 Å². The average Bonchev–Trinajstić information content (AvgIpc) is 3.05. The van der Waals surface area contributed by atoms with Gasteiger partial charge in [0.05, 0.1) is 18.9 Å². The molecule has 7 nitrogen and oxygen atoms in total. The molecule has 0 unspecified atom stereocenters. The third kappa shape index (κ3) is 2.95. The highest BCUT2D eigenvalue weighted by molar-refractivity contribution is 6.24. The summed E-state index contributed by atoms with van der Waals surface area (Å²) in [6, 6.07) is 4.70. The molecule has 1 aromatic carbocycles.